The van der Waals surface area contributed by atoms with Gasteiger partial charge in [-0.1, -0.05) is 24.3 Å². The van der Waals surface area contributed by atoms with Gasteiger partial charge in [0.1, 0.15) is 11.9 Å². The predicted molar refractivity (Wildman–Crippen MR) is 131 cm³/mol. The van der Waals surface area contributed by atoms with Gasteiger partial charge in [0.15, 0.2) is 23.2 Å². The SMILES string of the molecule is CCOc1ccc(-c2ccc(C3CCC(OC(=O)c4ccc(OCC)c(F)c4)CC3)c(F)c2F)cc1. The van der Waals surface area contributed by atoms with Gasteiger partial charge in [0.2, 0.25) is 0 Å². The number of rotatable bonds is 8. The summed E-state index contributed by atoms with van der Waals surface area (Å²) in [4.78, 5) is 12.5. The first kappa shape index (κ1) is 25.6. The third-order valence-corrected chi connectivity index (χ3v) is 6.44. The second-order valence-corrected chi connectivity index (χ2v) is 8.74. The quantitative estimate of drug-likeness (QED) is 0.303. The van der Waals surface area contributed by atoms with Crippen molar-refractivity contribution in [2.45, 2.75) is 51.6 Å². The summed E-state index contributed by atoms with van der Waals surface area (Å²) in [5, 5.41) is 0. The van der Waals surface area contributed by atoms with Crippen LogP contribution in [0.3, 0.4) is 0 Å². The molecule has 3 aromatic carbocycles. The fraction of sp³-hybridized carbons (Fsp3) is 0.345. The maximum atomic E-state index is 15.1. The number of ether oxygens (including phenoxy) is 3. The van der Waals surface area contributed by atoms with Crippen molar-refractivity contribution in [1.29, 1.82) is 0 Å². The average Bonchev–Trinajstić information content (AvgIpc) is 2.88. The number of hydrogen-bond donors (Lipinski definition) is 0. The van der Waals surface area contributed by atoms with E-state index in [0.29, 0.717) is 55.8 Å². The van der Waals surface area contributed by atoms with E-state index in [0.717, 1.165) is 6.07 Å². The molecule has 0 bridgehead atoms. The van der Waals surface area contributed by atoms with Crippen molar-refractivity contribution in [2.75, 3.05) is 13.2 Å². The molecule has 0 N–H and O–H groups in total. The van der Waals surface area contributed by atoms with Crippen molar-refractivity contribution in [2.24, 2.45) is 0 Å². The van der Waals surface area contributed by atoms with E-state index in [1.54, 1.807) is 43.3 Å². The van der Waals surface area contributed by atoms with Gasteiger partial charge in [-0.3, -0.25) is 0 Å². The van der Waals surface area contributed by atoms with Crippen molar-refractivity contribution >= 4 is 5.97 Å². The van der Waals surface area contributed by atoms with Gasteiger partial charge in [-0.05, 0) is 86.9 Å². The Hall–Kier alpha value is -3.48. The first-order valence-electron chi connectivity index (χ1n) is 12.3. The third-order valence-electron chi connectivity index (χ3n) is 6.44. The Morgan fingerprint density at radius 2 is 1.53 bits per heavy atom. The lowest BCUT2D eigenvalue weighted by molar-refractivity contribution is 0.0193. The third kappa shape index (κ3) is 5.66. The van der Waals surface area contributed by atoms with Crippen LogP contribution in [0.15, 0.2) is 54.6 Å². The highest BCUT2D eigenvalue weighted by atomic mass is 19.2. The molecule has 4 nitrogen and oxygen atoms in total. The summed E-state index contributed by atoms with van der Waals surface area (Å²) < 4.78 is 60.2. The first-order valence-corrected chi connectivity index (χ1v) is 12.3. The van der Waals surface area contributed by atoms with Crippen molar-refractivity contribution in [3.05, 3.63) is 83.2 Å². The highest BCUT2D eigenvalue weighted by Crippen LogP contribution is 2.38. The lowest BCUT2D eigenvalue weighted by Crippen LogP contribution is -2.24. The maximum absolute atomic E-state index is 15.1. The highest BCUT2D eigenvalue weighted by Gasteiger charge is 2.28. The van der Waals surface area contributed by atoms with E-state index < -0.39 is 23.4 Å². The Balaban J connectivity index is 1.38. The van der Waals surface area contributed by atoms with Crippen LogP contribution in [-0.4, -0.2) is 25.3 Å². The molecule has 0 radical (unpaired) electrons. The summed E-state index contributed by atoms with van der Waals surface area (Å²) in [6.45, 7) is 4.47. The number of carbonyl (C=O) groups excluding carboxylic acids is 1. The molecule has 0 aliphatic heterocycles. The van der Waals surface area contributed by atoms with E-state index in [9.17, 15) is 13.6 Å². The van der Waals surface area contributed by atoms with Gasteiger partial charge in [0, 0.05) is 5.56 Å². The maximum Gasteiger partial charge on any atom is 0.338 e. The predicted octanol–water partition coefficient (Wildman–Crippen LogP) is 7.45. The molecule has 3 aromatic rings. The molecule has 0 unspecified atom stereocenters. The fourth-order valence-corrected chi connectivity index (χ4v) is 4.61. The summed E-state index contributed by atoms with van der Waals surface area (Å²) >= 11 is 0. The van der Waals surface area contributed by atoms with E-state index in [1.165, 1.54) is 12.1 Å². The number of esters is 1. The molecule has 1 saturated carbocycles. The lowest BCUT2D eigenvalue weighted by Gasteiger charge is -2.29. The molecule has 4 rings (SSSR count). The molecule has 190 valence electrons. The van der Waals surface area contributed by atoms with Crippen LogP contribution >= 0.6 is 0 Å². The zero-order chi connectivity index (χ0) is 25.7. The molecular weight excluding hydrogens is 469 g/mol. The van der Waals surface area contributed by atoms with E-state index in [1.807, 2.05) is 6.92 Å². The van der Waals surface area contributed by atoms with Crippen molar-refractivity contribution in [3.63, 3.8) is 0 Å². The molecule has 1 fully saturated rings. The summed E-state index contributed by atoms with van der Waals surface area (Å²) in [5.74, 6) is -2.37. The van der Waals surface area contributed by atoms with Gasteiger partial charge in [-0.15, -0.1) is 0 Å². The van der Waals surface area contributed by atoms with Gasteiger partial charge in [0.25, 0.3) is 0 Å². The van der Waals surface area contributed by atoms with Gasteiger partial charge in [-0.2, -0.15) is 0 Å². The first-order chi connectivity index (χ1) is 17.4. The lowest BCUT2D eigenvalue weighted by atomic mass is 9.82. The number of carbonyl (C=O) groups is 1. The van der Waals surface area contributed by atoms with Crippen molar-refractivity contribution in [1.82, 2.24) is 0 Å². The molecule has 0 spiro atoms. The second-order valence-electron chi connectivity index (χ2n) is 8.74. The second kappa shape index (κ2) is 11.5. The minimum absolute atomic E-state index is 0.0809. The molecule has 1 aliphatic carbocycles. The molecule has 0 aromatic heterocycles. The van der Waals surface area contributed by atoms with Gasteiger partial charge in [-0.25, -0.2) is 18.0 Å². The number of hydrogen-bond acceptors (Lipinski definition) is 4. The Morgan fingerprint density at radius 1 is 0.833 bits per heavy atom. The van der Waals surface area contributed by atoms with E-state index in [2.05, 4.69) is 0 Å². The number of benzene rings is 3. The van der Waals surface area contributed by atoms with Crippen LogP contribution in [0.5, 0.6) is 11.5 Å². The minimum Gasteiger partial charge on any atom is -0.494 e. The molecule has 0 atom stereocenters. The average molecular weight is 499 g/mol. The number of halogens is 3. The minimum atomic E-state index is -0.872. The fourth-order valence-electron chi connectivity index (χ4n) is 4.61. The molecule has 1 aliphatic rings. The van der Waals surface area contributed by atoms with E-state index in [4.69, 9.17) is 14.2 Å². The highest BCUT2D eigenvalue weighted by molar-refractivity contribution is 5.89. The smallest absolute Gasteiger partial charge is 0.338 e. The van der Waals surface area contributed by atoms with Crippen molar-refractivity contribution < 1.29 is 32.2 Å². The van der Waals surface area contributed by atoms with Crippen LogP contribution in [0.2, 0.25) is 0 Å². The Morgan fingerprint density at radius 3 is 2.17 bits per heavy atom. The Labute approximate surface area is 209 Å². The van der Waals surface area contributed by atoms with Crippen LogP contribution in [0, 0.1) is 17.5 Å². The standard InChI is InChI=1S/C29H29F3O4/c1-3-34-21-10-5-18(6-11-21)23-14-15-24(28(32)27(23)31)19-7-12-22(13-8-19)36-29(33)20-9-16-26(35-4-2)25(30)17-20/h5-6,9-11,14-17,19,22H,3-4,7-8,12-13H2,1-2H3. The van der Waals surface area contributed by atoms with Gasteiger partial charge < -0.3 is 14.2 Å². The summed E-state index contributed by atoms with van der Waals surface area (Å²) in [7, 11) is 0. The zero-order valence-corrected chi connectivity index (χ0v) is 20.4. The van der Waals surface area contributed by atoms with Crippen molar-refractivity contribution in [3.8, 4) is 22.6 Å². The van der Waals surface area contributed by atoms with Gasteiger partial charge >= 0.3 is 5.97 Å². The monoisotopic (exact) mass is 498 g/mol. The summed E-state index contributed by atoms with van der Waals surface area (Å²) in [6.07, 6.45) is 1.76. The largest absolute Gasteiger partial charge is 0.494 e. The van der Waals surface area contributed by atoms with Crippen LogP contribution in [0.1, 0.15) is 61.4 Å². The van der Waals surface area contributed by atoms with Crippen LogP contribution in [0.25, 0.3) is 11.1 Å². The van der Waals surface area contributed by atoms with E-state index in [-0.39, 0.29) is 28.9 Å². The van der Waals surface area contributed by atoms with E-state index >= 15 is 4.39 Å². The molecule has 0 heterocycles. The topological polar surface area (TPSA) is 44.8 Å². The normalized spacial score (nSPS) is 17.5. The molecule has 36 heavy (non-hydrogen) atoms. The van der Waals surface area contributed by atoms with Crippen LogP contribution in [0.4, 0.5) is 13.2 Å². The Bertz CT molecular complexity index is 1200. The van der Waals surface area contributed by atoms with Crippen LogP contribution in [-0.2, 0) is 4.74 Å². The molecule has 7 heteroatoms. The van der Waals surface area contributed by atoms with Crippen LogP contribution < -0.4 is 9.47 Å². The molecular formula is C29H29F3O4. The zero-order valence-electron chi connectivity index (χ0n) is 20.4. The molecule has 0 amide bonds. The Kier molecular flexibility index (Phi) is 8.18. The van der Waals surface area contributed by atoms with Gasteiger partial charge in [0.05, 0.1) is 18.8 Å². The molecule has 0 saturated heterocycles. The summed E-state index contributed by atoms with van der Waals surface area (Å²) in [6, 6.07) is 14.1. The summed E-state index contributed by atoms with van der Waals surface area (Å²) in [5.41, 5.74) is 1.21.